The molecule has 0 saturated heterocycles. The van der Waals surface area contributed by atoms with Gasteiger partial charge in [-0.3, -0.25) is 4.79 Å². The molecule has 0 bridgehead atoms. The quantitative estimate of drug-likeness (QED) is 0.919. The van der Waals surface area contributed by atoms with Crippen LogP contribution in [0.25, 0.3) is 0 Å². The van der Waals surface area contributed by atoms with Crippen molar-refractivity contribution in [3.63, 3.8) is 0 Å². The minimum absolute atomic E-state index is 0.0841. The fourth-order valence-electron chi connectivity index (χ4n) is 3.16. The third-order valence-corrected chi connectivity index (χ3v) is 4.29. The molecule has 1 atom stereocenters. The molecule has 0 saturated carbocycles. The van der Waals surface area contributed by atoms with Gasteiger partial charge in [0.05, 0.1) is 6.10 Å². The Kier molecular flexibility index (Phi) is 4.23. The number of aromatic nitrogens is 1. The maximum absolute atomic E-state index is 12.2. The standard InChI is InChI=1S/C16H26N2O2/c1-5-17(6-2)15(20)11-18-8-7-12-13(18)9-16(3,4)10-14(12)19/h7-8,14,19H,5-6,9-11H2,1-4H3. The van der Waals surface area contributed by atoms with Crippen LogP contribution >= 0.6 is 0 Å². The fraction of sp³-hybridized carbons (Fsp3) is 0.688. The van der Waals surface area contributed by atoms with Crippen LogP contribution in [0.3, 0.4) is 0 Å². The molecule has 0 radical (unpaired) electrons. The van der Waals surface area contributed by atoms with Crippen molar-refractivity contribution in [3.05, 3.63) is 23.5 Å². The van der Waals surface area contributed by atoms with E-state index in [0.29, 0.717) is 6.54 Å². The number of carbonyl (C=O) groups excluding carboxylic acids is 1. The molecular weight excluding hydrogens is 252 g/mol. The summed E-state index contributed by atoms with van der Waals surface area (Å²) in [7, 11) is 0. The first-order chi connectivity index (χ1) is 9.38. The van der Waals surface area contributed by atoms with Gasteiger partial charge in [0, 0.05) is 30.5 Å². The zero-order chi connectivity index (χ0) is 14.9. The monoisotopic (exact) mass is 278 g/mol. The smallest absolute Gasteiger partial charge is 0.242 e. The first-order valence-electron chi connectivity index (χ1n) is 7.51. The molecule has 112 valence electrons. The van der Waals surface area contributed by atoms with E-state index in [9.17, 15) is 9.90 Å². The predicted molar refractivity (Wildman–Crippen MR) is 79.4 cm³/mol. The van der Waals surface area contributed by atoms with Crippen molar-refractivity contribution in [2.24, 2.45) is 5.41 Å². The maximum Gasteiger partial charge on any atom is 0.242 e. The molecular formula is C16H26N2O2. The number of nitrogens with zero attached hydrogens (tertiary/aromatic N) is 2. The van der Waals surface area contributed by atoms with Crippen molar-refractivity contribution in [2.45, 2.75) is 53.2 Å². The number of likely N-dealkylation sites (N-methyl/N-ethyl adjacent to an activating group) is 1. The van der Waals surface area contributed by atoms with Gasteiger partial charge in [0.1, 0.15) is 6.54 Å². The molecule has 2 rings (SSSR count). The van der Waals surface area contributed by atoms with Crippen LogP contribution in [0.2, 0.25) is 0 Å². The van der Waals surface area contributed by atoms with Crippen molar-refractivity contribution < 1.29 is 9.90 Å². The zero-order valence-corrected chi connectivity index (χ0v) is 13.0. The van der Waals surface area contributed by atoms with Crippen molar-refractivity contribution in [1.29, 1.82) is 0 Å². The van der Waals surface area contributed by atoms with Crippen LogP contribution in [-0.2, 0) is 17.8 Å². The second kappa shape index (κ2) is 5.60. The van der Waals surface area contributed by atoms with E-state index >= 15 is 0 Å². The maximum atomic E-state index is 12.2. The Morgan fingerprint density at radius 1 is 1.45 bits per heavy atom. The molecule has 1 unspecified atom stereocenters. The summed E-state index contributed by atoms with van der Waals surface area (Å²) in [6.45, 7) is 10.2. The SMILES string of the molecule is CCN(CC)C(=O)Cn1ccc2c1CC(C)(C)CC2O. The summed E-state index contributed by atoms with van der Waals surface area (Å²) < 4.78 is 2.01. The third kappa shape index (κ3) is 2.90. The molecule has 0 aliphatic heterocycles. The first-order valence-corrected chi connectivity index (χ1v) is 7.51. The zero-order valence-electron chi connectivity index (χ0n) is 13.0. The van der Waals surface area contributed by atoms with Crippen LogP contribution in [0.4, 0.5) is 0 Å². The van der Waals surface area contributed by atoms with Gasteiger partial charge in [-0.2, -0.15) is 0 Å². The van der Waals surface area contributed by atoms with Gasteiger partial charge < -0.3 is 14.6 Å². The highest BCUT2D eigenvalue weighted by Crippen LogP contribution is 2.41. The average molecular weight is 278 g/mol. The van der Waals surface area contributed by atoms with Crippen molar-refractivity contribution >= 4 is 5.91 Å². The molecule has 1 heterocycles. The van der Waals surface area contributed by atoms with Crippen LogP contribution in [0.15, 0.2) is 12.3 Å². The van der Waals surface area contributed by atoms with Gasteiger partial charge >= 0.3 is 0 Å². The second-order valence-corrected chi connectivity index (χ2v) is 6.47. The van der Waals surface area contributed by atoms with E-state index in [0.717, 1.165) is 37.2 Å². The van der Waals surface area contributed by atoms with E-state index in [4.69, 9.17) is 0 Å². The lowest BCUT2D eigenvalue weighted by Gasteiger charge is -2.34. The molecule has 1 aromatic heterocycles. The highest BCUT2D eigenvalue weighted by molar-refractivity contribution is 5.76. The van der Waals surface area contributed by atoms with E-state index in [1.54, 1.807) is 0 Å². The lowest BCUT2D eigenvalue weighted by atomic mass is 9.75. The summed E-state index contributed by atoms with van der Waals surface area (Å²) in [6.07, 6.45) is 3.24. The summed E-state index contributed by atoms with van der Waals surface area (Å²) >= 11 is 0. The van der Waals surface area contributed by atoms with Gasteiger partial charge in [-0.1, -0.05) is 13.8 Å². The molecule has 4 heteroatoms. The van der Waals surface area contributed by atoms with Crippen LogP contribution in [0, 0.1) is 5.41 Å². The van der Waals surface area contributed by atoms with Gasteiger partial charge in [0.2, 0.25) is 5.91 Å². The summed E-state index contributed by atoms with van der Waals surface area (Å²) in [5.74, 6) is 0.145. The summed E-state index contributed by atoms with van der Waals surface area (Å²) in [5, 5.41) is 10.2. The first kappa shape index (κ1) is 15.1. The molecule has 20 heavy (non-hydrogen) atoms. The number of fused-ring (bicyclic) bond motifs is 1. The number of hydrogen-bond donors (Lipinski definition) is 1. The van der Waals surface area contributed by atoms with E-state index < -0.39 is 6.10 Å². The van der Waals surface area contributed by atoms with Gasteiger partial charge in [0.25, 0.3) is 0 Å². The third-order valence-electron chi connectivity index (χ3n) is 4.29. The molecule has 0 aromatic carbocycles. The average Bonchev–Trinajstić information content (AvgIpc) is 2.72. The van der Waals surface area contributed by atoms with Crippen LogP contribution < -0.4 is 0 Å². The lowest BCUT2D eigenvalue weighted by Crippen LogP contribution is -2.34. The fourth-order valence-corrected chi connectivity index (χ4v) is 3.16. The summed E-state index contributed by atoms with van der Waals surface area (Å²) in [6, 6.07) is 1.96. The van der Waals surface area contributed by atoms with Crippen LogP contribution in [0.5, 0.6) is 0 Å². The molecule has 0 spiro atoms. The molecule has 1 amide bonds. The predicted octanol–water partition coefficient (Wildman–Crippen LogP) is 2.36. The van der Waals surface area contributed by atoms with E-state index in [2.05, 4.69) is 13.8 Å². The summed E-state index contributed by atoms with van der Waals surface area (Å²) in [4.78, 5) is 14.1. The Hall–Kier alpha value is -1.29. The Morgan fingerprint density at radius 2 is 2.10 bits per heavy atom. The van der Waals surface area contributed by atoms with Crippen molar-refractivity contribution in [1.82, 2.24) is 9.47 Å². The largest absolute Gasteiger partial charge is 0.388 e. The Bertz CT molecular complexity index is 487. The van der Waals surface area contributed by atoms with E-state index in [1.165, 1.54) is 0 Å². The normalized spacial score (nSPS) is 20.6. The second-order valence-electron chi connectivity index (χ2n) is 6.47. The van der Waals surface area contributed by atoms with Gasteiger partial charge in [0.15, 0.2) is 0 Å². The number of aliphatic hydroxyl groups excluding tert-OH is 1. The number of hydrogen-bond acceptors (Lipinski definition) is 2. The lowest BCUT2D eigenvalue weighted by molar-refractivity contribution is -0.131. The van der Waals surface area contributed by atoms with Crippen molar-refractivity contribution in [2.75, 3.05) is 13.1 Å². The molecule has 1 aliphatic rings. The number of aliphatic hydroxyl groups is 1. The minimum atomic E-state index is -0.404. The molecule has 1 N–H and O–H groups in total. The van der Waals surface area contributed by atoms with E-state index in [1.807, 2.05) is 35.6 Å². The van der Waals surface area contributed by atoms with E-state index in [-0.39, 0.29) is 11.3 Å². The Morgan fingerprint density at radius 3 is 2.70 bits per heavy atom. The van der Waals surface area contributed by atoms with Crippen LogP contribution in [0.1, 0.15) is 51.5 Å². The van der Waals surface area contributed by atoms with Crippen molar-refractivity contribution in [3.8, 4) is 0 Å². The number of carbonyl (C=O) groups is 1. The highest BCUT2D eigenvalue weighted by atomic mass is 16.3. The number of rotatable bonds is 4. The molecule has 1 aromatic rings. The molecule has 1 aliphatic carbocycles. The van der Waals surface area contributed by atoms with Gasteiger partial charge in [-0.15, -0.1) is 0 Å². The topological polar surface area (TPSA) is 45.5 Å². The molecule has 4 nitrogen and oxygen atoms in total. The van der Waals surface area contributed by atoms with Gasteiger partial charge in [-0.25, -0.2) is 0 Å². The van der Waals surface area contributed by atoms with Gasteiger partial charge in [-0.05, 0) is 38.2 Å². The molecule has 0 fully saturated rings. The number of amides is 1. The minimum Gasteiger partial charge on any atom is -0.388 e. The highest BCUT2D eigenvalue weighted by Gasteiger charge is 2.33. The Labute approximate surface area is 121 Å². The van der Waals surface area contributed by atoms with Crippen LogP contribution in [-0.4, -0.2) is 33.6 Å². The summed E-state index contributed by atoms with van der Waals surface area (Å²) in [5.41, 5.74) is 2.20. The Balaban J connectivity index is 2.21.